The Bertz CT molecular complexity index is 1110. The highest BCUT2D eigenvalue weighted by molar-refractivity contribution is 5.95. The molecule has 0 bridgehead atoms. The number of hydrogen-bond donors (Lipinski definition) is 8. The number of aliphatic hydroxyl groups is 1. The van der Waals surface area contributed by atoms with Crippen LogP contribution in [0.4, 0.5) is 0 Å². The minimum atomic E-state index is -1.38. The zero-order chi connectivity index (χ0) is 27.0. The van der Waals surface area contributed by atoms with E-state index in [9.17, 15) is 29.1 Å². The molecule has 13 nitrogen and oxygen atoms in total. The van der Waals surface area contributed by atoms with E-state index in [0.717, 1.165) is 10.9 Å². The highest BCUT2D eigenvalue weighted by Crippen LogP contribution is 2.19. The van der Waals surface area contributed by atoms with Crippen molar-refractivity contribution in [2.75, 3.05) is 0 Å². The molecule has 5 atom stereocenters. The fourth-order valence-electron chi connectivity index (χ4n) is 3.40. The van der Waals surface area contributed by atoms with Crippen molar-refractivity contribution in [2.45, 2.75) is 63.4 Å². The van der Waals surface area contributed by atoms with E-state index in [4.69, 9.17) is 15.9 Å². The summed E-state index contributed by atoms with van der Waals surface area (Å²) in [5.41, 5.74) is 7.06. The Hall–Kier alpha value is -3.97. The summed E-state index contributed by atoms with van der Waals surface area (Å²) in [5.74, 6) is -5.03. The second-order valence-electron chi connectivity index (χ2n) is 8.45. The maximum atomic E-state index is 13.1. The van der Waals surface area contributed by atoms with Crippen molar-refractivity contribution < 1.29 is 39.3 Å². The van der Waals surface area contributed by atoms with Gasteiger partial charge < -0.3 is 42.0 Å². The van der Waals surface area contributed by atoms with Crippen molar-refractivity contribution in [3.63, 3.8) is 0 Å². The third-order valence-corrected chi connectivity index (χ3v) is 5.56. The predicted molar refractivity (Wildman–Crippen MR) is 128 cm³/mol. The Kier molecular flexibility index (Phi) is 9.93. The quantitative estimate of drug-likeness (QED) is 0.164. The largest absolute Gasteiger partial charge is 0.481 e. The number of carbonyl (C=O) groups excluding carboxylic acids is 3. The molecule has 0 fully saturated rings. The third kappa shape index (κ3) is 7.78. The van der Waals surface area contributed by atoms with Crippen LogP contribution >= 0.6 is 0 Å². The lowest BCUT2D eigenvalue weighted by Gasteiger charge is -2.25. The standard InChI is InChI=1S/C23H31N5O8/c1-11(23(35)36)26-21(33)17(9-13-10-25-15-6-4-3-5-14(13)15)28-20(32)16(7-8-18(30)31)27-22(34)19(24)12(2)29/h3-6,10-12,16-17,19,25,29H,7-9,24H2,1-2H3,(H,26,33)(H,27,34)(H,28,32)(H,30,31)(H,35,36). The monoisotopic (exact) mass is 505 g/mol. The number of carboxylic acid groups (broad SMARTS) is 2. The van der Waals surface area contributed by atoms with Gasteiger partial charge in [-0.1, -0.05) is 18.2 Å². The third-order valence-electron chi connectivity index (χ3n) is 5.56. The summed E-state index contributed by atoms with van der Waals surface area (Å²) in [6.45, 7) is 2.54. The Labute approximate surface area is 206 Å². The van der Waals surface area contributed by atoms with Crippen molar-refractivity contribution >= 4 is 40.6 Å². The van der Waals surface area contributed by atoms with E-state index < -0.39 is 66.4 Å². The normalized spacial score (nSPS) is 15.2. The number of aliphatic hydroxyl groups excluding tert-OH is 1. The van der Waals surface area contributed by atoms with Crippen molar-refractivity contribution in [2.24, 2.45) is 5.73 Å². The van der Waals surface area contributed by atoms with Crippen LogP contribution in [-0.2, 0) is 30.4 Å². The van der Waals surface area contributed by atoms with Gasteiger partial charge in [0.2, 0.25) is 17.7 Å². The van der Waals surface area contributed by atoms with Crippen molar-refractivity contribution in [1.29, 1.82) is 0 Å². The molecule has 1 aromatic carbocycles. The predicted octanol–water partition coefficient (Wildman–Crippen LogP) is -1.16. The molecule has 2 aromatic rings. The average molecular weight is 506 g/mol. The summed E-state index contributed by atoms with van der Waals surface area (Å²) < 4.78 is 0. The lowest BCUT2D eigenvalue weighted by molar-refractivity contribution is -0.141. The number of H-pyrrole nitrogens is 1. The molecule has 196 valence electrons. The van der Waals surface area contributed by atoms with Gasteiger partial charge in [-0.2, -0.15) is 0 Å². The van der Waals surface area contributed by atoms with E-state index in [2.05, 4.69) is 20.9 Å². The number of benzene rings is 1. The molecule has 36 heavy (non-hydrogen) atoms. The second kappa shape index (κ2) is 12.7. The summed E-state index contributed by atoms with van der Waals surface area (Å²) >= 11 is 0. The maximum Gasteiger partial charge on any atom is 0.325 e. The Morgan fingerprint density at radius 2 is 1.56 bits per heavy atom. The molecule has 0 radical (unpaired) electrons. The van der Waals surface area contributed by atoms with Gasteiger partial charge in [0.15, 0.2) is 0 Å². The highest BCUT2D eigenvalue weighted by Gasteiger charge is 2.31. The number of aromatic amines is 1. The van der Waals surface area contributed by atoms with Crippen LogP contribution in [0.1, 0.15) is 32.3 Å². The van der Waals surface area contributed by atoms with E-state index in [1.807, 2.05) is 18.2 Å². The van der Waals surface area contributed by atoms with Gasteiger partial charge in [0.05, 0.1) is 6.10 Å². The van der Waals surface area contributed by atoms with Gasteiger partial charge in [0.25, 0.3) is 0 Å². The fourth-order valence-corrected chi connectivity index (χ4v) is 3.40. The highest BCUT2D eigenvalue weighted by atomic mass is 16.4. The van der Waals surface area contributed by atoms with Crippen molar-refractivity contribution in [3.05, 3.63) is 36.0 Å². The Balaban J connectivity index is 2.29. The zero-order valence-corrected chi connectivity index (χ0v) is 19.9. The zero-order valence-electron chi connectivity index (χ0n) is 19.9. The Morgan fingerprint density at radius 1 is 0.944 bits per heavy atom. The summed E-state index contributed by atoms with van der Waals surface area (Å²) in [6.07, 6.45) is -0.389. The minimum absolute atomic E-state index is 0.0271. The first-order valence-electron chi connectivity index (χ1n) is 11.2. The number of nitrogens with one attached hydrogen (secondary N) is 4. The van der Waals surface area contributed by atoms with E-state index >= 15 is 0 Å². The number of rotatable bonds is 13. The fraction of sp³-hybridized carbons (Fsp3) is 0.435. The van der Waals surface area contributed by atoms with Crippen LogP contribution in [0.25, 0.3) is 10.9 Å². The summed E-state index contributed by atoms with van der Waals surface area (Å²) in [6, 6.07) is 1.99. The molecule has 3 amide bonds. The van der Waals surface area contributed by atoms with Gasteiger partial charge in [-0.3, -0.25) is 24.0 Å². The molecule has 13 heteroatoms. The van der Waals surface area contributed by atoms with E-state index in [-0.39, 0.29) is 12.8 Å². The molecule has 0 spiro atoms. The van der Waals surface area contributed by atoms with Crippen LogP contribution in [0.3, 0.4) is 0 Å². The number of carboxylic acids is 2. The first kappa shape index (κ1) is 28.3. The first-order chi connectivity index (χ1) is 16.9. The van der Waals surface area contributed by atoms with Gasteiger partial charge in [-0.15, -0.1) is 0 Å². The lowest BCUT2D eigenvalue weighted by atomic mass is 10.0. The van der Waals surface area contributed by atoms with Gasteiger partial charge in [-0.05, 0) is 31.9 Å². The van der Waals surface area contributed by atoms with Crippen LogP contribution in [0.15, 0.2) is 30.5 Å². The van der Waals surface area contributed by atoms with E-state index in [1.165, 1.54) is 13.8 Å². The van der Waals surface area contributed by atoms with Crippen molar-refractivity contribution in [3.8, 4) is 0 Å². The molecule has 0 aliphatic heterocycles. The second-order valence-corrected chi connectivity index (χ2v) is 8.45. The van der Waals surface area contributed by atoms with Crippen LogP contribution < -0.4 is 21.7 Å². The molecular formula is C23H31N5O8. The summed E-state index contributed by atoms with van der Waals surface area (Å²) in [4.78, 5) is 63.7. The smallest absolute Gasteiger partial charge is 0.325 e. The number of para-hydroxylation sites is 1. The molecule has 9 N–H and O–H groups in total. The topological polar surface area (TPSA) is 224 Å². The molecular weight excluding hydrogens is 474 g/mol. The molecule has 0 saturated carbocycles. The van der Waals surface area contributed by atoms with Crippen LogP contribution in [0.5, 0.6) is 0 Å². The minimum Gasteiger partial charge on any atom is -0.481 e. The van der Waals surface area contributed by atoms with Crippen molar-refractivity contribution in [1.82, 2.24) is 20.9 Å². The van der Waals surface area contributed by atoms with Gasteiger partial charge in [0.1, 0.15) is 24.2 Å². The van der Waals surface area contributed by atoms with Gasteiger partial charge in [0, 0.05) is 29.9 Å². The number of fused-ring (bicyclic) bond motifs is 1. The number of nitrogens with two attached hydrogens (primary N) is 1. The molecule has 2 rings (SSSR count). The van der Waals surface area contributed by atoms with E-state index in [0.29, 0.717) is 5.56 Å². The average Bonchev–Trinajstić information content (AvgIpc) is 3.22. The molecule has 5 unspecified atom stereocenters. The van der Waals surface area contributed by atoms with Gasteiger partial charge in [-0.25, -0.2) is 0 Å². The van der Waals surface area contributed by atoms with Crippen LogP contribution in [0, 0.1) is 0 Å². The molecule has 0 saturated heterocycles. The number of hydrogen-bond acceptors (Lipinski definition) is 7. The molecule has 0 aliphatic rings. The molecule has 1 aromatic heterocycles. The Morgan fingerprint density at radius 3 is 2.17 bits per heavy atom. The number of carbonyl (C=O) groups is 5. The first-order valence-corrected chi connectivity index (χ1v) is 11.2. The lowest BCUT2D eigenvalue weighted by Crippen LogP contribution is -2.58. The van der Waals surface area contributed by atoms with Crippen LogP contribution in [0.2, 0.25) is 0 Å². The van der Waals surface area contributed by atoms with E-state index in [1.54, 1.807) is 12.3 Å². The SMILES string of the molecule is CC(NC(=O)C(Cc1c[nH]c2ccccc12)NC(=O)C(CCC(=O)O)NC(=O)C(N)C(C)O)C(=O)O. The molecule has 1 heterocycles. The van der Waals surface area contributed by atoms with Gasteiger partial charge >= 0.3 is 11.9 Å². The summed E-state index contributed by atoms with van der Waals surface area (Å²) in [5, 5.41) is 35.6. The summed E-state index contributed by atoms with van der Waals surface area (Å²) in [7, 11) is 0. The maximum absolute atomic E-state index is 13.1. The molecule has 0 aliphatic carbocycles. The number of amides is 3. The van der Waals surface area contributed by atoms with Crippen LogP contribution in [-0.4, -0.2) is 80.2 Å². The number of aromatic nitrogens is 1. The number of aliphatic carboxylic acids is 2.